The largest absolute Gasteiger partial charge is 0.497 e. The zero-order chi connectivity index (χ0) is 23.9. The van der Waals surface area contributed by atoms with Crippen LogP contribution < -0.4 is 19.5 Å². The average Bonchev–Trinajstić information content (AvgIpc) is 3.34. The van der Waals surface area contributed by atoms with Crippen LogP contribution in [0.5, 0.6) is 11.5 Å². The van der Waals surface area contributed by atoms with Crippen molar-refractivity contribution in [2.75, 3.05) is 24.3 Å². The van der Waals surface area contributed by atoms with Gasteiger partial charge in [0, 0.05) is 23.2 Å². The fraction of sp³-hybridized carbons (Fsp3) is 0.231. The Morgan fingerprint density at radius 1 is 1.00 bits per heavy atom. The standard InChI is InChI=1S/C26H25ClN2O4S/c1-32-16-10-12-20(25(14-16)33-2)26-19-7-5-6-18(19)21-15-17(11-13-23(21)28-26)34(30,31)29-24-9-4-3-8-22(24)27/h3-6,8-15,18-19,26,28-29H,7H2,1-2H3/t18-,19+,26-/m0/s1. The number of methoxy groups -OCH3 is 2. The topological polar surface area (TPSA) is 76.7 Å². The molecular formula is C26H25ClN2O4S. The minimum absolute atomic E-state index is 0.0112. The Hall–Kier alpha value is -3.16. The van der Waals surface area contributed by atoms with Gasteiger partial charge >= 0.3 is 0 Å². The van der Waals surface area contributed by atoms with E-state index < -0.39 is 10.0 Å². The van der Waals surface area contributed by atoms with E-state index in [9.17, 15) is 8.42 Å². The number of fused-ring (bicyclic) bond motifs is 3. The lowest BCUT2D eigenvalue weighted by Crippen LogP contribution is -2.29. The molecule has 3 aromatic carbocycles. The number of rotatable bonds is 6. The van der Waals surface area contributed by atoms with Gasteiger partial charge in [-0.05, 0) is 60.4 Å². The number of ether oxygens (including phenoxy) is 2. The van der Waals surface area contributed by atoms with Gasteiger partial charge in [0.1, 0.15) is 11.5 Å². The van der Waals surface area contributed by atoms with Gasteiger partial charge in [0.2, 0.25) is 0 Å². The summed E-state index contributed by atoms with van der Waals surface area (Å²) in [4.78, 5) is 0.201. The molecule has 0 aromatic heterocycles. The molecule has 0 saturated heterocycles. The number of hydrogen-bond acceptors (Lipinski definition) is 5. The summed E-state index contributed by atoms with van der Waals surface area (Å²) in [5, 5.41) is 3.99. The van der Waals surface area contributed by atoms with E-state index in [1.165, 1.54) is 0 Å². The molecule has 1 aliphatic heterocycles. The SMILES string of the molecule is COc1ccc([C@H]2Nc3ccc(S(=O)(=O)Nc4ccccc4Cl)cc3[C@H]3C=CC[C@H]32)c(OC)c1. The Kier molecular flexibility index (Phi) is 5.91. The summed E-state index contributed by atoms with van der Waals surface area (Å²) in [5.74, 6) is 1.81. The van der Waals surface area contributed by atoms with E-state index in [1.54, 1.807) is 50.6 Å². The predicted molar refractivity (Wildman–Crippen MR) is 135 cm³/mol. The van der Waals surface area contributed by atoms with Gasteiger partial charge < -0.3 is 14.8 Å². The third-order valence-corrected chi connectivity index (χ3v) is 8.23. The highest BCUT2D eigenvalue weighted by Crippen LogP contribution is 2.51. The first-order chi connectivity index (χ1) is 16.4. The zero-order valence-electron chi connectivity index (χ0n) is 18.8. The van der Waals surface area contributed by atoms with Crippen molar-refractivity contribution in [2.24, 2.45) is 5.92 Å². The number of allylic oxidation sites excluding steroid dienone is 2. The molecule has 0 amide bonds. The highest BCUT2D eigenvalue weighted by molar-refractivity contribution is 7.92. The van der Waals surface area contributed by atoms with E-state index >= 15 is 0 Å². The van der Waals surface area contributed by atoms with Crippen molar-refractivity contribution in [1.82, 2.24) is 0 Å². The Balaban J connectivity index is 1.51. The second-order valence-corrected chi connectivity index (χ2v) is 10.5. The van der Waals surface area contributed by atoms with Crippen molar-refractivity contribution in [3.05, 3.63) is 89.0 Å². The molecule has 6 nitrogen and oxygen atoms in total. The van der Waals surface area contributed by atoms with Gasteiger partial charge in [-0.3, -0.25) is 4.72 Å². The number of sulfonamides is 1. The van der Waals surface area contributed by atoms with Crippen LogP contribution in [0.3, 0.4) is 0 Å². The molecule has 3 aromatic rings. The van der Waals surface area contributed by atoms with Gasteiger partial charge in [0.15, 0.2) is 0 Å². The van der Waals surface area contributed by atoms with Crippen LogP contribution in [0.25, 0.3) is 0 Å². The number of halogens is 1. The minimum atomic E-state index is -3.80. The number of para-hydroxylation sites is 1. The van der Waals surface area contributed by atoms with Gasteiger partial charge in [0.05, 0.1) is 35.9 Å². The molecule has 0 fully saturated rings. The monoisotopic (exact) mass is 496 g/mol. The van der Waals surface area contributed by atoms with Crippen molar-refractivity contribution in [2.45, 2.75) is 23.3 Å². The molecule has 0 bridgehead atoms. The summed E-state index contributed by atoms with van der Waals surface area (Å²) in [6, 6.07) is 17.9. The van der Waals surface area contributed by atoms with Crippen molar-refractivity contribution < 1.29 is 17.9 Å². The van der Waals surface area contributed by atoms with E-state index in [0.717, 1.165) is 34.7 Å². The molecule has 8 heteroatoms. The second kappa shape index (κ2) is 8.89. The van der Waals surface area contributed by atoms with Crippen LogP contribution >= 0.6 is 11.6 Å². The van der Waals surface area contributed by atoms with Gasteiger partial charge in [-0.2, -0.15) is 0 Å². The van der Waals surface area contributed by atoms with Crippen molar-refractivity contribution >= 4 is 33.0 Å². The molecule has 2 N–H and O–H groups in total. The predicted octanol–water partition coefficient (Wildman–Crippen LogP) is 5.98. The molecule has 0 unspecified atom stereocenters. The molecule has 2 aliphatic rings. The van der Waals surface area contributed by atoms with Crippen LogP contribution in [0.1, 0.15) is 29.5 Å². The summed E-state index contributed by atoms with van der Waals surface area (Å²) in [6.45, 7) is 0. The van der Waals surface area contributed by atoms with Crippen LogP contribution in [0.4, 0.5) is 11.4 Å². The van der Waals surface area contributed by atoms with E-state index in [0.29, 0.717) is 10.7 Å². The maximum Gasteiger partial charge on any atom is 0.261 e. The Labute approximate surface area is 204 Å². The zero-order valence-corrected chi connectivity index (χ0v) is 20.4. The highest BCUT2D eigenvalue weighted by atomic mass is 35.5. The van der Waals surface area contributed by atoms with Gasteiger partial charge in [-0.25, -0.2) is 8.42 Å². The van der Waals surface area contributed by atoms with Crippen LogP contribution in [0.15, 0.2) is 77.7 Å². The third-order valence-electron chi connectivity index (χ3n) is 6.54. The maximum absolute atomic E-state index is 13.1. The molecule has 1 heterocycles. The lowest BCUT2D eigenvalue weighted by atomic mass is 9.77. The first-order valence-electron chi connectivity index (χ1n) is 11.0. The van der Waals surface area contributed by atoms with Crippen LogP contribution in [0.2, 0.25) is 5.02 Å². The molecule has 176 valence electrons. The first-order valence-corrected chi connectivity index (χ1v) is 12.8. The van der Waals surface area contributed by atoms with Crippen LogP contribution in [-0.4, -0.2) is 22.6 Å². The first kappa shape index (κ1) is 22.6. The Morgan fingerprint density at radius 3 is 2.59 bits per heavy atom. The lowest BCUT2D eigenvalue weighted by Gasteiger charge is -2.38. The molecule has 0 spiro atoms. The summed E-state index contributed by atoms with van der Waals surface area (Å²) < 4.78 is 39.9. The summed E-state index contributed by atoms with van der Waals surface area (Å²) >= 11 is 6.16. The number of anilines is 2. The molecular weight excluding hydrogens is 472 g/mol. The smallest absolute Gasteiger partial charge is 0.261 e. The fourth-order valence-electron chi connectivity index (χ4n) is 4.87. The fourth-order valence-corrected chi connectivity index (χ4v) is 6.22. The van der Waals surface area contributed by atoms with Gasteiger partial charge in [0.25, 0.3) is 10.0 Å². The van der Waals surface area contributed by atoms with E-state index in [-0.39, 0.29) is 22.8 Å². The Morgan fingerprint density at radius 2 is 1.82 bits per heavy atom. The van der Waals surface area contributed by atoms with Crippen molar-refractivity contribution in [1.29, 1.82) is 0 Å². The number of benzene rings is 3. The van der Waals surface area contributed by atoms with E-state index in [4.69, 9.17) is 21.1 Å². The maximum atomic E-state index is 13.1. The van der Waals surface area contributed by atoms with Gasteiger partial charge in [-0.1, -0.05) is 35.9 Å². The molecule has 0 saturated carbocycles. The van der Waals surface area contributed by atoms with Crippen molar-refractivity contribution in [3.8, 4) is 11.5 Å². The summed E-state index contributed by atoms with van der Waals surface area (Å²) in [7, 11) is -0.515. The van der Waals surface area contributed by atoms with Crippen molar-refractivity contribution in [3.63, 3.8) is 0 Å². The number of nitrogens with one attached hydrogen (secondary N) is 2. The number of hydrogen-bond donors (Lipinski definition) is 2. The molecule has 3 atom stereocenters. The Bertz CT molecular complexity index is 1370. The molecule has 0 radical (unpaired) electrons. The molecule has 34 heavy (non-hydrogen) atoms. The average molecular weight is 497 g/mol. The normalized spacial score (nSPS) is 20.7. The summed E-state index contributed by atoms with van der Waals surface area (Å²) in [6.07, 6.45) is 5.22. The third kappa shape index (κ3) is 3.99. The second-order valence-electron chi connectivity index (χ2n) is 8.42. The summed E-state index contributed by atoms with van der Waals surface area (Å²) in [5.41, 5.74) is 3.27. The highest BCUT2D eigenvalue weighted by Gasteiger charge is 2.39. The van der Waals surface area contributed by atoms with Gasteiger partial charge in [-0.15, -0.1) is 0 Å². The van der Waals surface area contributed by atoms with E-state index in [2.05, 4.69) is 22.2 Å². The minimum Gasteiger partial charge on any atom is -0.497 e. The molecule has 1 aliphatic carbocycles. The quantitative estimate of drug-likeness (QED) is 0.410. The lowest BCUT2D eigenvalue weighted by molar-refractivity contribution is 0.372. The van der Waals surface area contributed by atoms with E-state index in [1.807, 2.05) is 24.3 Å². The van der Waals surface area contributed by atoms with Crippen LogP contribution in [-0.2, 0) is 10.0 Å². The molecule has 5 rings (SSSR count). The van der Waals surface area contributed by atoms with Crippen LogP contribution in [0, 0.1) is 5.92 Å².